The first-order valence-electron chi connectivity index (χ1n) is 8.77. The first kappa shape index (κ1) is 17.3. The fourth-order valence-electron chi connectivity index (χ4n) is 3.67. The molecule has 1 heterocycles. The molecule has 0 N–H and O–H groups in total. The van der Waals surface area contributed by atoms with Gasteiger partial charge in [-0.25, -0.2) is 0 Å². The maximum atomic E-state index is 7.92. The number of halogens is 1. The van der Waals surface area contributed by atoms with Crippen molar-refractivity contribution in [3.05, 3.63) is 91.0 Å². The Morgan fingerprint density at radius 1 is 0.731 bits per heavy atom. The van der Waals surface area contributed by atoms with Crippen LogP contribution in [0.25, 0.3) is 0 Å². The maximum absolute atomic E-state index is 7.92. The zero-order chi connectivity index (χ0) is 17.9. The summed E-state index contributed by atoms with van der Waals surface area (Å²) in [6.45, 7) is 1.34. The number of hydrogen-bond acceptors (Lipinski definition) is 2. The standard InChI is InChI=1S/C22H21ClNOP/c23-26(18-22-24-16-17-25-22,19-10-4-1-5-11-19,20-12-6-2-7-13-20)21-14-8-3-9-15-21/h1-15H,16-18H2. The molecule has 0 bridgehead atoms. The van der Waals surface area contributed by atoms with Gasteiger partial charge in [0.25, 0.3) is 0 Å². The van der Waals surface area contributed by atoms with Crippen LogP contribution in [0, 0.1) is 0 Å². The normalized spacial score (nSPS) is 15.6. The molecule has 0 aliphatic carbocycles. The van der Waals surface area contributed by atoms with Crippen molar-refractivity contribution < 1.29 is 4.74 Å². The molecular formula is C22H21ClNOP. The van der Waals surface area contributed by atoms with Crippen molar-refractivity contribution in [1.82, 2.24) is 0 Å². The van der Waals surface area contributed by atoms with Crippen LogP contribution in [-0.2, 0) is 4.74 Å². The molecule has 0 atom stereocenters. The van der Waals surface area contributed by atoms with E-state index in [2.05, 4.69) is 77.8 Å². The van der Waals surface area contributed by atoms with Gasteiger partial charge in [0.1, 0.15) is 0 Å². The second kappa shape index (κ2) is 6.87. The van der Waals surface area contributed by atoms with Gasteiger partial charge in [-0.2, -0.15) is 0 Å². The van der Waals surface area contributed by atoms with Gasteiger partial charge in [0.05, 0.1) is 0 Å². The van der Waals surface area contributed by atoms with E-state index in [4.69, 9.17) is 16.0 Å². The van der Waals surface area contributed by atoms with Crippen LogP contribution >= 0.6 is 17.2 Å². The molecular weight excluding hydrogens is 361 g/mol. The molecule has 0 saturated heterocycles. The molecule has 0 amide bonds. The summed E-state index contributed by atoms with van der Waals surface area (Å²) in [7, 11) is 0. The molecule has 3 aromatic rings. The number of nitrogens with zero attached hydrogens (tertiary/aromatic N) is 1. The third kappa shape index (κ3) is 2.74. The third-order valence-corrected chi connectivity index (χ3v) is 12.1. The summed E-state index contributed by atoms with van der Waals surface area (Å²) in [5, 5.41) is 3.40. The average molecular weight is 382 g/mol. The quantitative estimate of drug-likeness (QED) is 0.610. The van der Waals surface area contributed by atoms with Gasteiger partial charge in [-0.3, -0.25) is 0 Å². The first-order valence-corrected chi connectivity index (χ1v) is 12.1. The molecule has 0 fully saturated rings. The molecule has 132 valence electrons. The van der Waals surface area contributed by atoms with Crippen LogP contribution in [0.1, 0.15) is 0 Å². The molecule has 4 rings (SSSR count). The van der Waals surface area contributed by atoms with E-state index in [1.54, 1.807) is 0 Å². The number of hydrogen-bond donors (Lipinski definition) is 0. The van der Waals surface area contributed by atoms with Crippen molar-refractivity contribution in [2.24, 2.45) is 4.99 Å². The number of benzene rings is 3. The molecule has 0 saturated carbocycles. The van der Waals surface area contributed by atoms with Crippen LogP contribution in [-0.4, -0.2) is 25.2 Å². The molecule has 26 heavy (non-hydrogen) atoms. The van der Waals surface area contributed by atoms with Gasteiger partial charge in [-0.1, -0.05) is 0 Å². The molecule has 1 aliphatic heterocycles. The summed E-state index contributed by atoms with van der Waals surface area (Å²) in [5.41, 5.74) is 0. The van der Waals surface area contributed by atoms with Crippen molar-refractivity contribution in [2.45, 2.75) is 0 Å². The van der Waals surface area contributed by atoms with Gasteiger partial charge in [0, 0.05) is 0 Å². The van der Waals surface area contributed by atoms with Gasteiger partial charge in [0.15, 0.2) is 0 Å². The van der Waals surface area contributed by atoms with E-state index in [9.17, 15) is 0 Å². The fourth-order valence-corrected chi connectivity index (χ4v) is 9.51. The number of ether oxygens (including phenoxy) is 1. The van der Waals surface area contributed by atoms with E-state index in [0.717, 1.165) is 21.8 Å². The van der Waals surface area contributed by atoms with Crippen LogP contribution < -0.4 is 15.9 Å². The molecule has 3 aromatic carbocycles. The fraction of sp³-hybridized carbons (Fsp3) is 0.136. The van der Waals surface area contributed by atoms with Crippen LogP contribution in [0.3, 0.4) is 0 Å². The van der Waals surface area contributed by atoms with Crippen molar-refractivity contribution in [2.75, 3.05) is 19.3 Å². The molecule has 4 heteroatoms. The molecule has 0 spiro atoms. The Morgan fingerprint density at radius 3 is 1.50 bits per heavy atom. The van der Waals surface area contributed by atoms with E-state index in [1.807, 2.05) is 18.2 Å². The summed E-state index contributed by atoms with van der Waals surface area (Å²) in [6, 6.07) is 31.3. The van der Waals surface area contributed by atoms with Gasteiger partial charge >= 0.3 is 159 Å². The predicted octanol–water partition coefficient (Wildman–Crippen LogP) is 4.10. The van der Waals surface area contributed by atoms with Gasteiger partial charge in [-0.05, 0) is 0 Å². The average Bonchev–Trinajstić information content (AvgIpc) is 3.23. The zero-order valence-electron chi connectivity index (χ0n) is 14.5. The summed E-state index contributed by atoms with van der Waals surface area (Å²) >= 11 is 7.92. The Balaban J connectivity index is 2.06. The van der Waals surface area contributed by atoms with Crippen molar-refractivity contribution >= 4 is 39.0 Å². The zero-order valence-corrected chi connectivity index (χ0v) is 16.1. The van der Waals surface area contributed by atoms with Crippen LogP contribution in [0.5, 0.6) is 0 Å². The van der Waals surface area contributed by atoms with Crippen LogP contribution in [0.2, 0.25) is 0 Å². The van der Waals surface area contributed by atoms with Crippen molar-refractivity contribution in [3.63, 3.8) is 0 Å². The Morgan fingerprint density at radius 2 is 1.15 bits per heavy atom. The topological polar surface area (TPSA) is 21.6 Å². The van der Waals surface area contributed by atoms with E-state index in [-0.39, 0.29) is 0 Å². The predicted molar refractivity (Wildman–Crippen MR) is 114 cm³/mol. The van der Waals surface area contributed by atoms with Gasteiger partial charge in [0.2, 0.25) is 0 Å². The van der Waals surface area contributed by atoms with E-state index in [0.29, 0.717) is 19.3 Å². The minimum atomic E-state index is -3.29. The molecule has 0 aromatic heterocycles. The van der Waals surface area contributed by atoms with Gasteiger partial charge in [-0.15, -0.1) is 0 Å². The Hall–Kier alpha value is -2.15. The third-order valence-electron chi connectivity index (χ3n) is 4.96. The summed E-state index contributed by atoms with van der Waals surface area (Å²) < 4.78 is 5.84. The van der Waals surface area contributed by atoms with Gasteiger partial charge < -0.3 is 0 Å². The summed E-state index contributed by atoms with van der Waals surface area (Å²) in [5.74, 6) is -2.53. The number of rotatable bonds is 5. The van der Waals surface area contributed by atoms with Crippen LogP contribution in [0.4, 0.5) is 0 Å². The van der Waals surface area contributed by atoms with Crippen molar-refractivity contribution in [3.8, 4) is 0 Å². The minimum absolute atomic E-state index is 0.588. The van der Waals surface area contributed by atoms with E-state index >= 15 is 0 Å². The Bertz CT molecular complexity index is 813. The summed E-state index contributed by atoms with van der Waals surface area (Å²) in [4.78, 5) is 4.58. The van der Waals surface area contributed by atoms with Crippen LogP contribution in [0.15, 0.2) is 96.0 Å². The Kier molecular flexibility index (Phi) is 4.56. The second-order valence-electron chi connectivity index (χ2n) is 6.47. The van der Waals surface area contributed by atoms with E-state index in [1.165, 1.54) is 0 Å². The van der Waals surface area contributed by atoms with Crippen molar-refractivity contribution in [1.29, 1.82) is 0 Å². The second-order valence-corrected chi connectivity index (χ2v) is 12.9. The molecule has 0 unspecified atom stereocenters. The Labute approximate surface area is 159 Å². The SMILES string of the molecule is ClP(CC1=NCCO1)(c1ccccc1)(c1ccccc1)c1ccccc1. The molecule has 1 aliphatic rings. The molecule has 2 nitrogen and oxygen atoms in total. The van der Waals surface area contributed by atoms with E-state index < -0.39 is 5.96 Å². The summed E-state index contributed by atoms with van der Waals surface area (Å²) in [6.07, 6.45) is 0.588. The monoisotopic (exact) mass is 381 g/mol. The molecule has 0 radical (unpaired) electrons. The number of aliphatic imine (C=N–C) groups is 1. The first-order chi connectivity index (χ1) is 12.7.